The van der Waals surface area contributed by atoms with Gasteiger partial charge in [-0.3, -0.25) is 4.90 Å². The molecule has 2 N–H and O–H groups in total. The second-order valence-electron chi connectivity index (χ2n) is 6.67. The van der Waals surface area contributed by atoms with Crippen LogP contribution in [0.15, 0.2) is 6.07 Å². The van der Waals surface area contributed by atoms with E-state index in [9.17, 15) is 0 Å². The van der Waals surface area contributed by atoms with E-state index in [0.29, 0.717) is 17.1 Å². The SMILES string of the molecule is CN1CCCC(Nc2nc(Cl)cc(N3CCN(CCO)CC3)n2)C1. The molecule has 3 rings (SSSR count). The van der Waals surface area contributed by atoms with Gasteiger partial charge in [0.15, 0.2) is 0 Å². The van der Waals surface area contributed by atoms with Crippen molar-refractivity contribution in [2.45, 2.75) is 18.9 Å². The molecular weight excluding hydrogens is 328 g/mol. The van der Waals surface area contributed by atoms with Crippen molar-refractivity contribution >= 4 is 23.4 Å². The molecule has 2 aliphatic heterocycles. The molecule has 2 saturated heterocycles. The fourth-order valence-electron chi connectivity index (χ4n) is 3.44. The summed E-state index contributed by atoms with van der Waals surface area (Å²) < 4.78 is 0. The minimum absolute atomic E-state index is 0.212. The van der Waals surface area contributed by atoms with Crippen molar-refractivity contribution in [3.8, 4) is 0 Å². The smallest absolute Gasteiger partial charge is 0.226 e. The largest absolute Gasteiger partial charge is 0.395 e. The Morgan fingerprint density at radius 3 is 2.75 bits per heavy atom. The molecule has 2 fully saturated rings. The molecule has 0 aliphatic carbocycles. The Bertz CT molecular complexity index is 537. The van der Waals surface area contributed by atoms with E-state index in [2.05, 4.69) is 37.0 Å². The molecule has 1 atom stereocenters. The molecule has 134 valence electrons. The van der Waals surface area contributed by atoms with Crippen LogP contribution in [0.25, 0.3) is 0 Å². The number of piperazine rings is 1. The van der Waals surface area contributed by atoms with Crippen LogP contribution in [0.4, 0.5) is 11.8 Å². The summed E-state index contributed by atoms with van der Waals surface area (Å²) in [5.74, 6) is 1.50. The minimum atomic E-state index is 0.212. The zero-order valence-electron chi connectivity index (χ0n) is 14.3. The summed E-state index contributed by atoms with van der Waals surface area (Å²) in [5, 5.41) is 13.0. The fraction of sp³-hybridized carbons (Fsp3) is 0.750. The molecule has 0 aromatic carbocycles. The van der Waals surface area contributed by atoms with Crippen LogP contribution >= 0.6 is 11.6 Å². The normalized spacial score (nSPS) is 23.5. The average Bonchev–Trinajstić information content (AvgIpc) is 2.55. The van der Waals surface area contributed by atoms with E-state index in [1.165, 1.54) is 6.42 Å². The molecule has 1 aromatic rings. The number of β-amino-alcohol motifs (C(OH)–C–C–N with tert-alkyl or cyclic N) is 1. The lowest BCUT2D eigenvalue weighted by molar-refractivity contribution is 0.188. The van der Waals surface area contributed by atoms with Crippen molar-refractivity contribution in [2.75, 3.05) is 69.7 Å². The van der Waals surface area contributed by atoms with E-state index >= 15 is 0 Å². The Hall–Kier alpha value is -1.15. The Morgan fingerprint density at radius 2 is 2.04 bits per heavy atom. The number of likely N-dealkylation sites (tertiary alicyclic amines) is 1. The number of nitrogens with zero attached hydrogens (tertiary/aromatic N) is 5. The lowest BCUT2D eigenvalue weighted by Gasteiger charge is -2.35. The maximum absolute atomic E-state index is 9.04. The molecule has 8 heteroatoms. The third-order valence-corrected chi connectivity index (χ3v) is 4.95. The van der Waals surface area contributed by atoms with Gasteiger partial charge in [-0.1, -0.05) is 11.6 Å². The van der Waals surface area contributed by atoms with E-state index < -0.39 is 0 Å². The van der Waals surface area contributed by atoms with E-state index in [4.69, 9.17) is 16.7 Å². The van der Waals surface area contributed by atoms with Crippen molar-refractivity contribution in [3.63, 3.8) is 0 Å². The van der Waals surface area contributed by atoms with E-state index in [0.717, 1.165) is 58.1 Å². The number of halogens is 1. The number of aliphatic hydroxyl groups excluding tert-OH is 1. The van der Waals surface area contributed by atoms with Crippen LogP contribution in [-0.2, 0) is 0 Å². The van der Waals surface area contributed by atoms with Gasteiger partial charge in [-0.15, -0.1) is 0 Å². The minimum Gasteiger partial charge on any atom is -0.395 e. The molecule has 2 aliphatic rings. The number of likely N-dealkylation sites (N-methyl/N-ethyl adjacent to an activating group) is 1. The van der Waals surface area contributed by atoms with E-state index in [1.54, 1.807) is 0 Å². The Kier molecular flexibility index (Phi) is 6.10. The van der Waals surface area contributed by atoms with Gasteiger partial charge in [-0.2, -0.15) is 4.98 Å². The third kappa shape index (κ3) is 4.69. The van der Waals surface area contributed by atoms with Crippen LogP contribution in [-0.4, -0.2) is 90.4 Å². The van der Waals surface area contributed by atoms with Crippen molar-refractivity contribution in [2.24, 2.45) is 0 Å². The quantitative estimate of drug-likeness (QED) is 0.756. The molecule has 0 saturated carbocycles. The van der Waals surface area contributed by atoms with Crippen LogP contribution in [0.3, 0.4) is 0 Å². The first kappa shape index (κ1) is 17.7. The summed E-state index contributed by atoms with van der Waals surface area (Å²) in [5.41, 5.74) is 0. The number of rotatable bonds is 5. The predicted octanol–water partition coefficient (Wildman–Crippen LogP) is 0.750. The lowest BCUT2D eigenvalue weighted by Crippen LogP contribution is -2.47. The van der Waals surface area contributed by atoms with Gasteiger partial charge in [0.25, 0.3) is 0 Å². The number of hydrogen-bond donors (Lipinski definition) is 2. The topological polar surface area (TPSA) is 67.8 Å². The van der Waals surface area contributed by atoms with Crippen molar-refractivity contribution in [1.82, 2.24) is 19.8 Å². The molecule has 0 bridgehead atoms. The highest BCUT2D eigenvalue weighted by atomic mass is 35.5. The summed E-state index contributed by atoms with van der Waals surface area (Å²) in [6.45, 7) is 6.74. The molecule has 7 nitrogen and oxygen atoms in total. The molecule has 0 spiro atoms. The van der Waals surface area contributed by atoms with Gasteiger partial charge in [0.2, 0.25) is 5.95 Å². The monoisotopic (exact) mass is 354 g/mol. The number of piperidine rings is 1. The Labute approximate surface area is 148 Å². The summed E-state index contributed by atoms with van der Waals surface area (Å²) >= 11 is 6.22. The number of aliphatic hydroxyl groups is 1. The molecule has 0 radical (unpaired) electrons. The van der Waals surface area contributed by atoms with E-state index in [1.807, 2.05) is 6.07 Å². The molecule has 0 amide bonds. The first-order chi connectivity index (χ1) is 11.6. The highest BCUT2D eigenvalue weighted by Gasteiger charge is 2.21. The van der Waals surface area contributed by atoms with Gasteiger partial charge >= 0.3 is 0 Å². The maximum Gasteiger partial charge on any atom is 0.226 e. The summed E-state index contributed by atoms with van der Waals surface area (Å²) in [7, 11) is 2.14. The lowest BCUT2D eigenvalue weighted by atomic mass is 10.1. The zero-order chi connectivity index (χ0) is 16.9. The van der Waals surface area contributed by atoms with Gasteiger partial charge in [0.05, 0.1) is 6.61 Å². The number of nitrogens with one attached hydrogen (secondary N) is 1. The van der Waals surface area contributed by atoms with Gasteiger partial charge in [-0.05, 0) is 26.4 Å². The highest BCUT2D eigenvalue weighted by molar-refractivity contribution is 6.29. The Morgan fingerprint density at radius 1 is 1.25 bits per heavy atom. The second kappa shape index (κ2) is 8.29. The van der Waals surface area contributed by atoms with E-state index in [-0.39, 0.29) is 6.61 Å². The van der Waals surface area contributed by atoms with Gasteiger partial charge in [-0.25, -0.2) is 4.98 Å². The predicted molar refractivity (Wildman–Crippen MR) is 96.9 cm³/mol. The standard InChI is InChI=1S/C16H27ClN6O/c1-21-4-2-3-13(12-21)18-16-19-14(17)11-15(20-16)23-7-5-22(6-8-23)9-10-24/h11,13,24H,2-10,12H2,1H3,(H,18,19,20). The van der Waals surface area contributed by atoms with Gasteiger partial charge in [0.1, 0.15) is 11.0 Å². The first-order valence-electron chi connectivity index (χ1n) is 8.72. The second-order valence-corrected chi connectivity index (χ2v) is 7.06. The molecule has 1 unspecified atom stereocenters. The Balaban J connectivity index is 1.63. The van der Waals surface area contributed by atoms with Crippen LogP contribution in [0.2, 0.25) is 5.15 Å². The van der Waals surface area contributed by atoms with Crippen LogP contribution in [0.1, 0.15) is 12.8 Å². The third-order valence-electron chi connectivity index (χ3n) is 4.75. The molecule has 3 heterocycles. The van der Waals surface area contributed by atoms with Gasteiger partial charge < -0.3 is 20.2 Å². The van der Waals surface area contributed by atoms with Crippen LogP contribution in [0.5, 0.6) is 0 Å². The summed E-state index contributed by atoms with van der Waals surface area (Å²) in [6, 6.07) is 2.21. The average molecular weight is 355 g/mol. The first-order valence-corrected chi connectivity index (χ1v) is 9.09. The summed E-state index contributed by atoms with van der Waals surface area (Å²) in [6.07, 6.45) is 2.32. The number of hydrogen-bond acceptors (Lipinski definition) is 7. The van der Waals surface area contributed by atoms with Gasteiger partial charge in [0, 0.05) is 51.4 Å². The molecule has 1 aromatic heterocycles. The maximum atomic E-state index is 9.04. The molecular formula is C16H27ClN6O. The van der Waals surface area contributed by atoms with Crippen LogP contribution in [0, 0.1) is 0 Å². The van der Waals surface area contributed by atoms with Crippen molar-refractivity contribution in [1.29, 1.82) is 0 Å². The summed E-state index contributed by atoms with van der Waals surface area (Å²) in [4.78, 5) is 15.8. The van der Waals surface area contributed by atoms with Crippen molar-refractivity contribution in [3.05, 3.63) is 11.2 Å². The van der Waals surface area contributed by atoms with Crippen LogP contribution < -0.4 is 10.2 Å². The fourth-order valence-corrected chi connectivity index (χ4v) is 3.62. The van der Waals surface area contributed by atoms with Crippen molar-refractivity contribution < 1.29 is 5.11 Å². The number of anilines is 2. The molecule has 24 heavy (non-hydrogen) atoms. The zero-order valence-corrected chi connectivity index (χ0v) is 15.0. The number of aromatic nitrogens is 2. The highest BCUT2D eigenvalue weighted by Crippen LogP contribution is 2.21.